The van der Waals surface area contributed by atoms with Crippen molar-refractivity contribution in [2.45, 2.75) is 12.5 Å². The molecular weight excluding hydrogens is 164 g/mol. The van der Waals surface area contributed by atoms with E-state index in [9.17, 15) is 0 Å². The molecule has 64 valence electrons. The first kappa shape index (κ1) is 10.5. The topological polar surface area (TPSA) is 18.5 Å². The molecule has 0 amide bonds. The lowest BCUT2D eigenvalue weighted by atomic mass is 10.6. The fourth-order valence-corrected chi connectivity index (χ4v) is 2.79. The maximum atomic E-state index is 5.27. The van der Waals surface area contributed by atoms with Gasteiger partial charge in [-0.15, -0.1) is 0 Å². The Morgan fingerprint density at radius 2 is 1.80 bits per heavy atom. The second kappa shape index (κ2) is 5.18. The van der Waals surface area contributed by atoms with Crippen LogP contribution in [0.1, 0.15) is 6.42 Å². The molecule has 0 aromatic heterocycles. The van der Waals surface area contributed by atoms with Crippen LogP contribution in [0.25, 0.3) is 0 Å². The average Bonchev–Trinajstić information content (AvgIpc) is 2.00. The fraction of sp³-hybridized carbons (Fsp3) is 1.00. The number of hydrogen-bond donors (Lipinski definition) is 0. The van der Waals surface area contributed by atoms with Crippen LogP contribution in [0.3, 0.4) is 0 Å². The zero-order valence-electron chi connectivity index (χ0n) is 7.35. The van der Waals surface area contributed by atoms with Gasteiger partial charge in [0, 0.05) is 22.3 Å². The molecule has 2 nitrogen and oxygen atoms in total. The highest BCUT2D eigenvalue weighted by Crippen LogP contribution is 2.45. The van der Waals surface area contributed by atoms with E-state index in [0.29, 0.717) is 0 Å². The van der Waals surface area contributed by atoms with Gasteiger partial charge in [-0.1, -0.05) is 6.04 Å². The Kier molecular flexibility index (Phi) is 5.43. The molecule has 0 radical (unpaired) electrons. The molecular formula is C6H18O2SSi. The molecule has 0 rings (SSSR count). The van der Waals surface area contributed by atoms with Crippen LogP contribution >= 0.6 is 10.6 Å². The minimum atomic E-state index is -1.15. The maximum absolute atomic E-state index is 5.27. The summed E-state index contributed by atoms with van der Waals surface area (Å²) in [6.45, 7) is 0. The van der Waals surface area contributed by atoms with E-state index in [2.05, 4.69) is 6.26 Å². The first-order valence-corrected chi connectivity index (χ1v) is 7.03. The summed E-state index contributed by atoms with van der Waals surface area (Å²) in [6, 6.07) is 1.34. The largest absolute Gasteiger partial charge is 0.288 e. The smallest absolute Gasteiger partial charge is 0.0603 e. The average molecular weight is 182 g/mol. The Morgan fingerprint density at radius 1 is 1.30 bits per heavy atom. The van der Waals surface area contributed by atoms with Gasteiger partial charge in [0.15, 0.2) is 0 Å². The molecule has 0 heterocycles. The molecule has 10 heavy (non-hydrogen) atoms. The molecule has 0 aliphatic carbocycles. The van der Waals surface area contributed by atoms with Gasteiger partial charge in [0.05, 0.1) is 14.2 Å². The first-order chi connectivity index (χ1) is 4.68. The molecule has 0 aromatic carbocycles. The van der Waals surface area contributed by atoms with Gasteiger partial charge in [-0.25, -0.2) is 0 Å². The van der Waals surface area contributed by atoms with Gasteiger partial charge in [-0.05, 0) is 6.42 Å². The standard InChI is InChI=1S/C6H18O2SSi/c1-7-9(3,8-2)5-4-6-10/h4-6H2,1-3,10H3. The molecule has 4 heteroatoms. The van der Waals surface area contributed by atoms with Crippen molar-refractivity contribution in [3.8, 4) is 0 Å². The van der Waals surface area contributed by atoms with Crippen molar-refractivity contribution in [1.82, 2.24) is 0 Å². The van der Waals surface area contributed by atoms with Crippen LogP contribution in [0.4, 0.5) is 0 Å². The lowest BCUT2D eigenvalue weighted by molar-refractivity contribution is 0.351. The summed E-state index contributed by atoms with van der Waals surface area (Å²) in [5.41, 5.74) is 0. The van der Waals surface area contributed by atoms with Crippen LogP contribution in [0.5, 0.6) is 0 Å². The molecule has 0 spiro atoms. The maximum Gasteiger partial charge on any atom is 0.0603 e. The second-order valence-corrected chi connectivity index (χ2v) is 6.24. The van der Waals surface area contributed by atoms with Crippen molar-refractivity contribution >= 4 is 20.8 Å². The highest BCUT2D eigenvalue weighted by Gasteiger charge is 2.09. The van der Waals surface area contributed by atoms with Crippen LogP contribution in [0.15, 0.2) is 0 Å². The Balaban J connectivity index is 3.58. The van der Waals surface area contributed by atoms with E-state index < -0.39 is 10.6 Å². The summed E-state index contributed by atoms with van der Waals surface area (Å²) in [4.78, 5) is 0. The fourth-order valence-electron chi connectivity index (χ4n) is 0.641. The third-order valence-electron chi connectivity index (χ3n) is 1.57. The zero-order chi connectivity index (χ0) is 8.04. The van der Waals surface area contributed by atoms with Gasteiger partial charge < -0.3 is 0 Å². The minimum Gasteiger partial charge on any atom is -0.288 e. The summed E-state index contributed by atoms with van der Waals surface area (Å²) in [5.74, 6) is 1.09. The Labute approximate surface area is 68.4 Å². The highest BCUT2D eigenvalue weighted by atomic mass is 32.3. The second-order valence-electron chi connectivity index (χ2n) is 2.32. The Hall–Kier alpha value is 0.487. The van der Waals surface area contributed by atoms with Crippen molar-refractivity contribution in [3.05, 3.63) is 0 Å². The van der Waals surface area contributed by atoms with E-state index >= 15 is 0 Å². The molecule has 0 N–H and O–H groups in total. The summed E-state index contributed by atoms with van der Waals surface area (Å²) in [6.07, 6.45) is 3.31. The summed E-state index contributed by atoms with van der Waals surface area (Å²) < 4.78 is 10.5. The van der Waals surface area contributed by atoms with Gasteiger partial charge in [-0.2, -0.15) is 10.6 Å². The van der Waals surface area contributed by atoms with Crippen molar-refractivity contribution in [2.75, 3.05) is 26.2 Å². The molecule has 0 atom stereocenters. The van der Waals surface area contributed by atoms with Gasteiger partial charge in [-0.3, -0.25) is 8.37 Å². The quantitative estimate of drug-likeness (QED) is 0.583. The van der Waals surface area contributed by atoms with Crippen molar-refractivity contribution in [1.29, 1.82) is 0 Å². The van der Waals surface area contributed by atoms with Crippen molar-refractivity contribution in [2.24, 2.45) is 0 Å². The van der Waals surface area contributed by atoms with Crippen LogP contribution < -0.4 is 0 Å². The molecule has 0 saturated carbocycles. The molecule has 0 unspecified atom stereocenters. The van der Waals surface area contributed by atoms with Gasteiger partial charge >= 0.3 is 0 Å². The van der Waals surface area contributed by atoms with Gasteiger partial charge in [0.1, 0.15) is 0 Å². The van der Waals surface area contributed by atoms with Crippen LogP contribution in [-0.2, 0) is 8.37 Å². The van der Waals surface area contributed by atoms with E-state index in [1.165, 1.54) is 22.7 Å². The van der Waals surface area contributed by atoms with E-state index in [4.69, 9.17) is 8.37 Å². The van der Waals surface area contributed by atoms with Crippen LogP contribution in [-0.4, -0.2) is 36.5 Å². The molecule has 0 fully saturated rings. The zero-order valence-corrected chi connectivity index (χ0v) is 10.2. The monoisotopic (exact) mass is 182 g/mol. The molecule has 0 aliphatic heterocycles. The van der Waals surface area contributed by atoms with Crippen molar-refractivity contribution in [3.63, 3.8) is 0 Å². The van der Waals surface area contributed by atoms with Gasteiger partial charge in [0.25, 0.3) is 0 Å². The third-order valence-corrected chi connectivity index (χ3v) is 4.72. The van der Waals surface area contributed by atoms with E-state index in [1.807, 2.05) is 0 Å². The highest BCUT2D eigenvalue weighted by molar-refractivity contribution is 8.25. The summed E-state index contributed by atoms with van der Waals surface area (Å²) in [7, 11) is 3.59. The molecule has 0 bridgehead atoms. The van der Waals surface area contributed by atoms with E-state index in [1.54, 1.807) is 14.2 Å². The normalized spacial score (nSPS) is 13.9. The third kappa shape index (κ3) is 3.61. The van der Waals surface area contributed by atoms with E-state index in [-0.39, 0.29) is 0 Å². The number of hydrogen-bond acceptors (Lipinski definition) is 2. The van der Waals surface area contributed by atoms with E-state index in [0.717, 1.165) is 5.75 Å². The lowest BCUT2D eigenvalue weighted by Gasteiger charge is -2.36. The van der Waals surface area contributed by atoms with Crippen molar-refractivity contribution < 1.29 is 8.37 Å². The summed E-state index contributed by atoms with van der Waals surface area (Å²) >= 11 is 0. The molecule has 0 aliphatic rings. The lowest BCUT2D eigenvalue weighted by Crippen LogP contribution is -2.06. The first-order valence-electron chi connectivity index (χ1n) is 3.55. The molecule has 0 saturated heterocycles. The predicted molar refractivity (Wildman–Crippen MR) is 51.8 cm³/mol. The number of rotatable bonds is 5. The van der Waals surface area contributed by atoms with Crippen LogP contribution in [0.2, 0.25) is 6.04 Å². The van der Waals surface area contributed by atoms with Gasteiger partial charge in [0.2, 0.25) is 0 Å². The summed E-state index contributed by atoms with van der Waals surface area (Å²) in [5, 5.41) is 0. The molecule has 0 aromatic rings. The Morgan fingerprint density at radius 3 is 2.10 bits per heavy atom. The Bertz CT molecular complexity index is 85.8. The van der Waals surface area contributed by atoms with Crippen LogP contribution in [0, 0.1) is 0 Å². The minimum absolute atomic E-state index is 1.09. The SMILES string of the molecule is COS(C)(CCC[SiH3])OC. The predicted octanol–water partition coefficient (Wildman–Crippen LogP) is 0.717.